The van der Waals surface area contributed by atoms with Crippen LogP contribution in [0.4, 0.5) is 5.82 Å². The molecule has 1 aromatic heterocycles. The summed E-state index contributed by atoms with van der Waals surface area (Å²) >= 11 is 0. The van der Waals surface area contributed by atoms with Crippen LogP contribution in [0, 0.1) is 5.92 Å². The van der Waals surface area contributed by atoms with Crippen molar-refractivity contribution in [3.63, 3.8) is 0 Å². The normalized spacial score (nSPS) is 16.0. The standard InChI is InChI=1S/C24H33N5O.HI/c1-2-25-24(27-16-20-11-12-26-23(15-20)29-13-5-6-14-29)28-17-21-7-3-4-8-22(21)30-18-19-9-10-19;/h3-4,7-8,11-12,15,19H,2,5-6,9-10,13-14,16-18H2,1H3,(H2,25,27,28);1H. The van der Waals surface area contributed by atoms with E-state index in [9.17, 15) is 0 Å². The Morgan fingerprint density at radius 2 is 1.97 bits per heavy atom. The fourth-order valence-corrected chi connectivity index (χ4v) is 3.65. The lowest BCUT2D eigenvalue weighted by Crippen LogP contribution is -2.36. The van der Waals surface area contributed by atoms with Gasteiger partial charge >= 0.3 is 0 Å². The van der Waals surface area contributed by atoms with Gasteiger partial charge in [-0.2, -0.15) is 0 Å². The van der Waals surface area contributed by atoms with E-state index in [1.165, 1.54) is 31.2 Å². The smallest absolute Gasteiger partial charge is 0.191 e. The zero-order valence-electron chi connectivity index (χ0n) is 18.3. The number of rotatable bonds is 9. The van der Waals surface area contributed by atoms with Crippen LogP contribution in [0.3, 0.4) is 0 Å². The van der Waals surface area contributed by atoms with E-state index in [-0.39, 0.29) is 24.0 Å². The molecule has 7 heteroatoms. The molecule has 31 heavy (non-hydrogen) atoms. The molecule has 2 fully saturated rings. The molecule has 1 saturated heterocycles. The van der Waals surface area contributed by atoms with Crippen molar-refractivity contribution in [1.29, 1.82) is 0 Å². The summed E-state index contributed by atoms with van der Waals surface area (Å²) in [5.74, 6) is 3.60. The van der Waals surface area contributed by atoms with E-state index in [1.54, 1.807) is 0 Å². The lowest BCUT2D eigenvalue weighted by Gasteiger charge is -2.17. The van der Waals surface area contributed by atoms with Crippen molar-refractivity contribution in [3.05, 3.63) is 53.7 Å². The summed E-state index contributed by atoms with van der Waals surface area (Å²) in [5, 5.41) is 6.80. The number of guanidine groups is 1. The second kappa shape index (κ2) is 12.1. The minimum atomic E-state index is 0. The molecular formula is C24H34IN5O. The Bertz CT molecular complexity index is 849. The van der Waals surface area contributed by atoms with Crippen LogP contribution in [-0.4, -0.2) is 37.2 Å². The Labute approximate surface area is 202 Å². The van der Waals surface area contributed by atoms with Crippen LogP contribution >= 0.6 is 24.0 Å². The van der Waals surface area contributed by atoms with Crippen molar-refractivity contribution in [2.45, 2.75) is 45.7 Å². The van der Waals surface area contributed by atoms with Gasteiger partial charge in [0.2, 0.25) is 0 Å². The maximum Gasteiger partial charge on any atom is 0.191 e. The van der Waals surface area contributed by atoms with E-state index >= 15 is 0 Å². The number of pyridine rings is 1. The van der Waals surface area contributed by atoms with Crippen molar-refractivity contribution in [2.24, 2.45) is 10.9 Å². The Morgan fingerprint density at radius 1 is 1.16 bits per heavy atom. The number of nitrogens with one attached hydrogen (secondary N) is 2. The molecule has 0 radical (unpaired) electrons. The Morgan fingerprint density at radius 3 is 2.74 bits per heavy atom. The number of anilines is 1. The van der Waals surface area contributed by atoms with Gasteiger partial charge in [-0.25, -0.2) is 9.98 Å². The maximum absolute atomic E-state index is 6.03. The zero-order chi connectivity index (χ0) is 20.6. The molecule has 1 saturated carbocycles. The van der Waals surface area contributed by atoms with Crippen LogP contribution < -0.4 is 20.3 Å². The number of aliphatic imine (C=N–C) groups is 1. The highest BCUT2D eigenvalue weighted by Gasteiger charge is 2.22. The first kappa shape index (κ1) is 23.6. The third-order valence-corrected chi connectivity index (χ3v) is 5.59. The van der Waals surface area contributed by atoms with Gasteiger partial charge in [-0.05, 0) is 62.3 Å². The number of nitrogens with zero attached hydrogens (tertiary/aromatic N) is 3. The summed E-state index contributed by atoms with van der Waals surface area (Å²) in [4.78, 5) is 11.7. The van der Waals surface area contributed by atoms with Crippen LogP contribution in [0.2, 0.25) is 0 Å². The van der Waals surface area contributed by atoms with E-state index in [4.69, 9.17) is 9.73 Å². The summed E-state index contributed by atoms with van der Waals surface area (Å²) in [6, 6.07) is 12.5. The van der Waals surface area contributed by atoms with Gasteiger partial charge < -0.3 is 20.3 Å². The fourth-order valence-electron chi connectivity index (χ4n) is 3.65. The second-order valence-electron chi connectivity index (χ2n) is 8.13. The van der Waals surface area contributed by atoms with Gasteiger partial charge in [-0.3, -0.25) is 0 Å². The highest BCUT2D eigenvalue weighted by Crippen LogP contribution is 2.30. The van der Waals surface area contributed by atoms with Gasteiger partial charge in [0.1, 0.15) is 11.6 Å². The highest BCUT2D eigenvalue weighted by molar-refractivity contribution is 14.0. The van der Waals surface area contributed by atoms with Gasteiger partial charge in [0, 0.05) is 37.9 Å². The van der Waals surface area contributed by atoms with Crippen LogP contribution in [-0.2, 0) is 13.1 Å². The van der Waals surface area contributed by atoms with Gasteiger partial charge in [-0.15, -0.1) is 24.0 Å². The molecule has 6 nitrogen and oxygen atoms in total. The third kappa shape index (κ3) is 7.26. The first-order valence-electron chi connectivity index (χ1n) is 11.2. The van der Waals surface area contributed by atoms with Crippen LogP contribution in [0.5, 0.6) is 5.75 Å². The number of halogens is 1. The number of ether oxygens (including phenoxy) is 1. The first-order valence-corrected chi connectivity index (χ1v) is 11.2. The summed E-state index contributed by atoms with van der Waals surface area (Å²) in [6.07, 6.45) is 7.00. The summed E-state index contributed by atoms with van der Waals surface area (Å²) in [7, 11) is 0. The van der Waals surface area contributed by atoms with E-state index in [2.05, 4.69) is 51.7 Å². The maximum atomic E-state index is 6.03. The molecule has 168 valence electrons. The summed E-state index contributed by atoms with van der Waals surface area (Å²) in [5.41, 5.74) is 2.33. The van der Waals surface area contributed by atoms with Gasteiger partial charge in [0.15, 0.2) is 5.96 Å². The first-order chi connectivity index (χ1) is 14.8. The van der Waals surface area contributed by atoms with Crippen molar-refractivity contribution in [1.82, 2.24) is 15.6 Å². The van der Waals surface area contributed by atoms with Gasteiger partial charge in [0.25, 0.3) is 0 Å². The number of hydrogen-bond donors (Lipinski definition) is 2. The summed E-state index contributed by atoms with van der Waals surface area (Å²) < 4.78 is 6.03. The number of aromatic nitrogens is 1. The van der Waals surface area contributed by atoms with E-state index < -0.39 is 0 Å². The van der Waals surface area contributed by atoms with Gasteiger partial charge in [0.05, 0.1) is 13.2 Å². The zero-order valence-corrected chi connectivity index (χ0v) is 20.7. The third-order valence-electron chi connectivity index (χ3n) is 5.59. The molecule has 0 atom stereocenters. The number of benzene rings is 1. The highest BCUT2D eigenvalue weighted by atomic mass is 127. The number of hydrogen-bond acceptors (Lipinski definition) is 4. The predicted molar refractivity (Wildman–Crippen MR) is 137 cm³/mol. The second-order valence-corrected chi connectivity index (χ2v) is 8.13. The van der Waals surface area contributed by atoms with E-state index in [1.807, 2.05) is 18.3 Å². The van der Waals surface area contributed by atoms with Crippen molar-refractivity contribution in [3.8, 4) is 5.75 Å². The van der Waals surface area contributed by atoms with E-state index in [0.717, 1.165) is 55.2 Å². The van der Waals surface area contributed by atoms with Crippen LogP contribution in [0.1, 0.15) is 43.7 Å². The molecule has 2 N–H and O–H groups in total. The van der Waals surface area contributed by atoms with Crippen molar-refractivity contribution >= 4 is 35.8 Å². The predicted octanol–water partition coefficient (Wildman–Crippen LogP) is 4.34. The lowest BCUT2D eigenvalue weighted by molar-refractivity contribution is 0.296. The van der Waals surface area contributed by atoms with Crippen LogP contribution in [0.15, 0.2) is 47.6 Å². The quantitative estimate of drug-likeness (QED) is 0.284. The molecular weight excluding hydrogens is 501 g/mol. The number of para-hydroxylation sites is 1. The molecule has 2 aromatic rings. The minimum absolute atomic E-state index is 0. The lowest BCUT2D eigenvalue weighted by atomic mass is 10.2. The van der Waals surface area contributed by atoms with Crippen LogP contribution in [0.25, 0.3) is 0 Å². The molecule has 0 amide bonds. The van der Waals surface area contributed by atoms with Gasteiger partial charge in [-0.1, -0.05) is 18.2 Å². The molecule has 1 aliphatic heterocycles. The molecule has 1 aliphatic carbocycles. The Kier molecular flexibility index (Phi) is 9.24. The SMILES string of the molecule is CCNC(=NCc1ccnc(N2CCCC2)c1)NCc1ccccc1OCC1CC1.I. The monoisotopic (exact) mass is 535 g/mol. The summed E-state index contributed by atoms with van der Waals surface area (Å²) in [6.45, 7) is 7.24. The minimum Gasteiger partial charge on any atom is -0.493 e. The largest absolute Gasteiger partial charge is 0.493 e. The molecule has 2 aliphatic rings. The fraction of sp³-hybridized carbons (Fsp3) is 0.500. The average Bonchev–Trinajstić information content (AvgIpc) is 3.45. The molecule has 2 heterocycles. The van der Waals surface area contributed by atoms with Crippen molar-refractivity contribution < 1.29 is 4.74 Å². The van der Waals surface area contributed by atoms with E-state index in [0.29, 0.717) is 13.1 Å². The molecule has 1 aromatic carbocycles. The average molecular weight is 535 g/mol. The topological polar surface area (TPSA) is 61.8 Å². The molecule has 0 unspecified atom stereocenters. The molecule has 4 rings (SSSR count). The Hall–Kier alpha value is -2.03. The van der Waals surface area contributed by atoms with Crippen molar-refractivity contribution in [2.75, 3.05) is 31.1 Å². The molecule has 0 bridgehead atoms. The Balaban J connectivity index is 0.00000272. The molecule has 0 spiro atoms.